The SMILES string of the molecule is C#C.C/C=C(C)\C(=C/CC)c1[nH]c2ccc(C3CCN(C4CCCOC4)CC3)cc2c1C(C)C. The maximum atomic E-state index is 5.74. The van der Waals surface area contributed by atoms with Crippen molar-refractivity contribution in [3.05, 3.63) is 52.7 Å². The summed E-state index contributed by atoms with van der Waals surface area (Å²) < 4.78 is 5.74. The minimum Gasteiger partial charge on any atom is -0.380 e. The van der Waals surface area contributed by atoms with Gasteiger partial charge in [-0.25, -0.2) is 0 Å². The molecule has 4 rings (SSSR count). The summed E-state index contributed by atoms with van der Waals surface area (Å²) in [6.45, 7) is 15.5. The topological polar surface area (TPSA) is 28.3 Å². The fourth-order valence-corrected chi connectivity index (χ4v) is 5.73. The van der Waals surface area contributed by atoms with Crippen molar-refractivity contribution in [1.29, 1.82) is 0 Å². The Bertz CT molecular complexity index is 1010. The second-order valence-corrected chi connectivity index (χ2v) is 10.1. The van der Waals surface area contributed by atoms with Crippen LogP contribution in [-0.2, 0) is 4.74 Å². The van der Waals surface area contributed by atoms with Crippen LogP contribution < -0.4 is 0 Å². The third-order valence-electron chi connectivity index (χ3n) is 7.63. The van der Waals surface area contributed by atoms with Gasteiger partial charge in [-0.05, 0) is 105 Å². The fraction of sp³-hybridized carbons (Fsp3) is 0.548. The number of aromatic nitrogens is 1. The Balaban J connectivity index is 0.00000158. The Hall–Kier alpha value is -2.28. The van der Waals surface area contributed by atoms with Crippen molar-refractivity contribution < 1.29 is 4.74 Å². The predicted molar refractivity (Wildman–Crippen MR) is 147 cm³/mol. The first kappa shape index (κ1) is 26.3. The summed E-state index contributed by atoms with van der Waals surface area (Å²) in [6, 6.07) is 7.85. The Morgan fingerprint density at radius 1 is 1.21 bits per heavy atom. The molecule has 2 fully saturated rings. The summed E-state index contributed by atoms with van der Waals surface area (Å²) in [5.41, 5.74) is 8.29. The number of rotatable bonds is 6. The van der Waals surface area contributed by atoms with E-state index < -0.39 is 0 Å². The second kappa shape index (κ2) is 12.4. The number of allylic oxidation sites excluding steroid dienone is 4. The molecule has 0 bridgehead atoms. The molecule has 1 atom stereocenters. The van der Waals surface area contributed by atoms with Crippen LogP contribution in [0.3, 0.4) is 0 Å². The number of benzene rings is 1. The van der Waals surface area contributed by atoms with Gasteiger partial charge in [-0.2, -0.15) is 0 Å². The lowest BCUT2D eigenvalue weighted by molar-refractivity contribution is 0.00886. The van der Waals surface area contributed by atoms with Gasteiger partial charge in [-0.1, -0.05) is 39.0 Å². The highest BCUT2D eigenvalue weighted by Crippen LogP contribution is 2.38. The average molecular weight is 461 g/mol. The number of aromatic amines is 1. The number of likely N-dealkylation sites (tertiary alicyclic amines) is 1. The standard InChI is InChI=1S/C29H42N2O.C2H2/c1-6-9-25(21(5)7-2)29-28(20(3)4)26-18-23(11-12-27(26)30-29)22-13-15-31(16-14-22)24-10-8-17-32-19-24;1-2/h7,9,11-12,18,20,22,24,30H,6,8,10,13-17,19H2,1-5H3;1-2H/b21-7-,25-9+;. The smallest absolute Gasteiger partial charge is 0.0621 e. The van der Waals surface area contributed by atoms with E-state index in [1.165, 1.54) is 77.6 Å². The minimum absolute atomic E-state index is 0.479. The number of H-pyrrole nitrogens is 1. The van der Waals surface area contributed by atoms with Gasteiger partial charge in [0.1, 0.15) is 0 Å². The third kappa shape index (κ3) is 5.68. The van der Waals surface area contributed by atoms with Crippen LogP contribution >= 0.6 is 0 Å². The largest absolute Gasteiger partial charge is 0.380 e. The van der Waals surface area contributed by atoms with Crippen LogP contribution in [0.15, 0.2) is 35.9 Å². The van der Waals surface area contributed by atoms with E-state index in [1.807, 2.05) is 0 Å². The molecule has 2 aliphatic heterocycles. The molecule has 2 aromatic rings. The molecule has 1 aromatic carbocycles. The molecule has 2 saturated heterocycles. The van der Waals surface area contributed by atoms with Crippen LogP contribution in [0.1, 0.15) is 95.4 Å². The van der Waals surface area contributed by atoms with Gasteiger partial charge >= 0.3 is 0 Å². The third-order valence-corrected chi connectivity index (χ3v) is 7.63. The molecule has 34 heavy (non-hydrogen) atoms. The Morgan fingerprint density at radius 2 is 1.94 bits per heavy atom. The summed E-state index contributed by atoms with van der Waals surface area (Å²) in [5.74, 6) is 1.15. The molecule has 0 amide bonds. The molecule has 0 spiro atoms. The first-order valence-electron chi connectivity index (χ1n) is 13.2. The summed E-state index contributed by atoms with van der Waals surface area (Å²) in [4.78, 5) is 6.48. The second-order valence-electron chi connectivity index (χ2n) is 10.1. The van der Waals surface area contributed by atoms with E-state index in [-0.39, 0.29) is 0 Å². The number of hydrogen-bond donors (Lipinski definition) is 1. The molecule has 184 valence electrons. The van der Waals surface area contributed by atoms with Crippen molar-refractivity contribution in [3.8, 4) is 12.8 Å². The lowest BCUT2D eigenvalue weighted by atomic mass is 9.86. The molecule has 0 radical (unpaired) electrons. The molecular weight excluding hydrogens is 416 g/mol. The number of ether oxygens (including phenoxy) is 1. The van der Waals surface area contributed by atoms with Crippen LogP contribution in [-0.4, -0.2) is 42.2 Å². The van der Waals surface area contributed by atoms with Crippen LogP contribution in [0.2, 0.25) is 0 Å². The average Bonchev–Trinajstić information content (AvgIpc) is 3.27. The van der Waals surface area contributed by atoms with Crippen molar-refractivity contribution in [2.45, 2.75) is 84.6 Å². The summed E-state index contributed by atoms with van der Waals surface area (Å²) >= 11 is 0. The van der Waals surface area contributed by atoms with Gasteiger partial charge in [-0.15, -0.1) is 12.8 Å². The van der Waals surface area contributed by atoms with Gasteiger partial charge in [0.2, 0.25) is 0 Å². The highest BCUT2D eigenvalue weighted by molar-refractivity contribution is 5.93. The number of fused-ring (bicyclic) bond motifs is 1. The number of nitrogens with one attached hydrogen (secondary N) is 1. The molecule has 1 N–H and O–H groups in total. The van der Waals surface area contributed by atoms with Gasteiger partial charge < -0.3 is 9.72 Å². The van der Waals surface area contributed by atoms with E-state index in [2.05, 4.69) is 87.7 Å². The minimum atomic E-state index is 0.479. The van der Waals surface area contributed by atoms with Crippen LogP contribution in [0.25, 0.3) is 16.5 Å². The normalized spacial score (nSPS) is 21.0. The quantitative estimate of drug-likeness (QED) is 0.354. The molecule has 3 nitrogen and oxygen atoms in total. The molecular formula is C31H44N2O. The fourth-order valence-electron chi connectivity index (χ4n) is 5.73. The molecule has 0 aliphatic carbocycles. The zero-order valence-corrected chi connectivity index (χ0v) is 22.0. The predicted octanol–water partition coefficient (Wildman–Crippen LogP) is 7.66. The van der Waals surface area contributed by atoms with E-state index in [1.54, 1.807) is 0 Å². The highest BCUT2D eigenvalue weighted by Gasteiger charge is 2.28. The van der Waals surface area contributed by atoms with Crippen molar-refractivity contribution >= 4 is 16.5 Å². The monoisotopic (exact) mass is 460 g/mol. The van der Waals surface area contributed by atoms with Gasteiger partial charge in [0, 0.05) is 29.2 Å². The van der Waals surface area contributed by atoms with Crippen LogP contribution in [0.4, 0.5) is 0 Å². The first-order chi connectivity index (χ1) is 16.5. The van der Waals surface area contributed by atoms with Crippen molar-refractivity contribution in [1.82, 2.24) is 9.88 Å². The van der Waals surface area contributed by atoms with E-state index >= 15 is 0 Å². The summed E-state index contributed by atoms with van der Waals surface area (Å²) in [7, 11) is 0. The Labute approximate surface area is 207 Å². The van der Waals surface area contributed by atoms with Crippen molar-refractivity contribution in [3.63, 3.8) is 0 Å². The van der Waals surface area contributed by atoms with E-state index in [4.69, 9.17) is 4.74 Å². The zero-order chi connectivity index (χ0) is 24.7. The molecule has 0 saturated carbocycles. The number of nitrogens with zero attached hydrogens (tertiary/aromatic N) is 1. The maximum absolute atomic E-state index is 5.74. The zero-order valence-electron chi connectivity index (χ0n) is 22.0. The van der Waals surface area contributed by atoms with Crippen LogP contribution in [0, 0.1) is 12.8 Å². The van der Waals surface area contributed by atoms with Gasteiger partial charge in [-0.3, -0.25) is 4.90 Å². The van der Waals surface area contributed by atoms with Crippen LogP contribution in [0.5, 0.6) is 0 Å². The van der Waals surface area contributed by atoms with Gasteiger partial charge in [0.15, 0.2) is 0 Å². The Kier molecular flexibility index (Phi) is 9.63. The van der Waals surface area contributed by atoms with E-state index in [9.17, 15) is 0 Å². The Morgan fingerprint density at radius 3 is 2.53 bits per heavy atom. The van der Waals surface area contributed by atoms with E-state index in [0.29, 0.717) is 17.9 Å². The molecule has 1 unspecified atom stereocenters. The molecule has 3 heteroatoms. The maximum Gasteiger partial charge on any atom is 0.0621 e. The van der Waals surface area contributed by atoms with Crippen molar-refractivity contribution in [2.24, 2.45) is 0 Å². The lowest BCUT2D eigenvalue weighted by Gasteiger charge is -2.39. The molecule has 1 aromatic heterocycles. The van der Waals surface area contributed by atoms with Crippen molar-refractivity contribution in [2.75, 3.05) is 26.3 Å². The number of piperidine rings is 1. The molecule has 3 heterocycles. The van der Waals surface area contributed by atoms with E-state index in [0.717, 1.165) is 19.6 Å². The van der Waals surface area contributed by atoms with Gasteiger partial charge in [0.25, 0.3) is 0 Å². The number of terminal acetylenes is 1. The lowest BCUT2D eigenvalue weighted by Crippen LogP contribution is -2.45. The summed E-state index contributed by atoms with van der Waals surface area (Å²) in [6.07, 6.45) is 18.7. The number of hydrogen-bond acceptors (Lipinski definition) is 2. The molecule has 2 aliphatic rings. The summed E-state index contributed by atoms with van der Waals surface area (Å²) in [5, 5.41) is 1.42. The van der Waals surface area contributed by atoms with Gasteiger partial charge in [0.05, 0.1) is 6.61 Å². The highest BCUT2D eigenvalue weighted by atomic mass is 16.5. The first-order valence-corrected chi connectivity index (χ1v) is 13.2.